The molecule has 2 aliphatic heterocycles. The zero-order chi connectivity index (χ0) is 27.4. The number of ether oxygens (including phenoxy) is 1. The highest BCUT2D eigenvalue weighted by Crippen LogP contribution is 2.46. The lowest BCUT2D eigenvalue weighted by Crippen LogP contribution is -2.70. The van der Waals surface area contributed by atoms with Gasteiger partial charge in [0.25, 0.3) is 5.91 Å². The minimum Gasteiger partial charge on any atom is -0.449 e. The SMILES string of the molecule is NCCSCc1ncccc1SC1=C(OC(=O)O)N2C(=O)[C@@H](NC(=O)C(NO)c3nc(N)sc3Cl)[C@@H]2SC1. The number of halogens is 1. The number of nitrogens with one attached hydrogen (secondary N) is 2. The fraction of sp³-hybridized carbons (Fsp3) is 0.350. The van der Waals surface area contributed by atoms with Crippen LogP contribution in [0, 0.1) is 0 Å². The molecule has 3 atom stereocenters. The Hall–Kier alpha value is -2.25. The average Bonchev–Trinajstić information content (AvgIpc) is 3.21. The van der Waals surface area contributed by atoms with Gasteiger partial charge in [-0.05, 0) is 12.1 Å². The van der Waals surface area contributed by atoms with Gasteiger partial charge in [0, 0.05) is 34.9 Å². The van der Waals surface area contributed by atoms with E-state index < -0.39 is 35.4 Å². The fourth-order valence-corrected chi connectivity index (χ4v) is 7.90. The molecular formula is C20H22ClN7O6S4. The number of rotatable bonds is 11. The number of nitrogens with zero attached hydrogens (tertiary/aromatic N) is 3. The molecule has 1 unspecified atom stereocenters. The number of hydroxylamine groups is 1. The maximum atomic E-state index is 13.1. The van der Waals surface area contributed by atoms with Crippen LogP contribution in [0.15, 0.2) is 34.0 Å². The van der Waals surface area contributed by atoms with Crippen LogP contribution in [0.4, 0.5) is 9.93 Å². The molecule has 18 heteroatoms. The van der Waals surface area contributed by atoms with Crippen LogP contribution < -0.4 is 22.3 Å². The number of carbonyl (C=O) groups is 3. The Morgan fingerprint density at radius 2 is 2.21 bits per heavy atom. The molecule has 4 rings (SSSR count). The van der Waals surface area contributed by atoms with Gasteiger partial charge in [-0.3, -0.25) is 19.5 Å². The highest BCUT2D eigenvalue weighted by atomic mass is 35.5. The molecule has 0 spiro atoms. The summed E-state index contributed by atoms with van der Waals surface area (Å²) in [6.07, 6.45) is 0.0968. The second-order valence-corrected chi connectivity index (χ2v) is 12.6. The van der Waals surface area contributed by atoms with E-state index in [2.05, 4.69) is 15.3 Å². The molecule has 0 aromatic carbocycles. The second kappa shape index (κ2) is 12.7. The first kappa shape index (κ1) is 28.8. The third-order valence-corrected chi connectivity index (χ3v) is 9.98. The van der Waals surface area contributed by atoms with Gasteiger partial charge in [0.05, 0.1) is 10.6 Å². The predicted molar refractivity (Wildman–Crippen MR) is 146 cm³/mol. The molecule has 1 saturated heterocycles. The zero-order valence-electron chi connectivity index (χ0n) is 19.3. The van der Waals surface area contributed by atoms with Gasteiger partial charge in [-0.1, -0.05) is 34.7 Å². The summed E-state index contributed by atoms with van der Waals surface area (Å²) < 4.78 is 5.16. The van der Waals surface area contributed by atoms with Crippen LogP contribution >= 0.6 is 58.2 Å². The lowest BCUT2D eigenvalue weighted by Gasteiger charge is -2.49. The van der Waals surface area contributed by atoms with Crippen molar-refractivity contribution < 1.29 is 29.4 Å². The number of hydrogen-bond donors (Lipinski definition) is 6. The monoisotopic (exact) mass is 619 g/mol. The van der Waals surface area contributed by atoms with E-state index in [1.54, 1.807) is 24.0 Å². The average molecular weight is 620 g/mol. The van der Waals surface area contributed by atoms with Crippen molar-refractivity contribution >= 4 is 81.3 Å². The van der Waals surface area contributed by atoms with E-state index in [0.717, 1.165) is 27.7 Å². The lowest BCUT2D eigenvalue weighted by molar-refractivity contribution is -0.149. The minimum absolute atomic E-state index is 0.0134. The van der Waals surface area contributed by atoms with E-state index in [9.17, 15) is 24.7 Å². The lowest BCUT2D eigenvalue weighted by atomic mass is 10.1. The highest BCUT2D eigenvalue weighted by molar-refractivity contribution is 8.06. The van der Waals surface area contributed by atoms with Crippen molar-refractivity contribution in [2.45, 2.75) is 28.1 Å². The largest absolute Gasteiger partial charge is 0.512 e. The summed E-state index contributed by atoms with van der Waals surface area (Å²) in [5.74, 6) is 0.239. The summed E-state index contributed by atoms with van der Waals surface area (Å²) in [6, 6.07) is 1.25. The predicted octanol–water partition coefficient (Wildman–Crippen LogP) is 2.04. The maximum absolute atomic E-state index is 13.1. The van der Waals surface area contributed by atoms with E-state index in [-0.39, 0.29) is 21.0 Å². The van der Waals surface area contributed by atoms with Gasteiger partial charge in [-0.2, -0.15) is 17.2 Å². The summed E-state index contributed by atoms with van der Waals surface area (Å²) in [5.41, 5.74) is 13.8. The smallest absolute Gasteiger partial charge is 0.449 e. The van der Waals surface area contributed by atoms with Crippen LogP contribution in [0.25, 0.3) is 0 Å². The Morgan fingerprint density at radius 1 is 1.42 bits per heavy atom. The third kappa shape index (κ3) is 6.15. The molecular weight excluding hydrogens is 598 g/mol. The molecule has 2 amide bonds. The van der Waals surface area contributed by atoms with Crippen molar-refractivity contribution in [1.82, 2.24) is 25.7 Å². The zero-order valence-corrected chi connectivity index (χ0v) is 23.3. The summed E-state index contributed by atoms with van der Waals surface area (Å²) >= 11 is 11.2. The Labute approximate surface area is 238 Å². The molecule has 0 saturated carbocycles. The number of carboxylic acid groups (broad SMARTS) is 1. The molecule has 0 bridgehead atoms. The summed E-state index contributed by atoms with van der Waals surface area (Å²) in [6.45, 7) is 0.536. The van der Waals surface area contributed by atoms with Crippen molar-refractivity contribution in [2.24, 2.45) is 5.73 Å². The van der Waals surface area contributed by atoms with Gasteiger partial charge < -0.3 is 31.8 Å². The fourth-order valence-electron chi connectivity index (χ4n) is 3.60. The van der Waals surface area contributed by atoms with E-state index in [4.69, 9.17) is 27.8 Å². The van der Waals surface area contributed by atoms with Crippen molar-refractivity contribution in [2.75, 3.05) is 23.8 Å². The van der Waals surface area contributed by atoms with Crippen LogP contribution in [0.5, 0.6) is 0 Å². The first-order valence-electron chi connectivity index (χ1n) is 10.8. The van der Waals surface area contributed by atoms with Gasteiger partial charge >= 0.3 is 6.16 Å². The van der Waals surface area contributed by atoms with E-state index >= 15 is 0 Å². The number of thiazole rings is 1. The van der Waals surface area contributed by atoms with E-state index in [0.29, 0.717) is 23.0 Å². The number of aromatic nitrogens is 2. The van der Waals surface area contributed by atoms with Gasteiger partial charge in [0.1, 0.15) is 21.4 Å². The molecule has 4 heterocycles. The molecule has 1 fully saturated rings. The number of carbonyl (C=O) groups excluding carboxylic acids is 2. The normalized spacial score (nSPS) is 19.6. The second-order valence-electron chi connectivity index (χ2n) is 7.66. The number of hydrogen-bond acceptors (Lipinski definition) is 14. The van der Waals surface area contributed by atoms with E-state index in [1.807, 2.05) is 11.5 Å². The highest BCUT2D eigenvalue weighted by Gasteiger charge is 2.54. The molecule has 2 aromatic heterocycles. The van der Waals surface area contributed by atoms with Crippen molar-refractivity contribution in [1.29, 1.82) is 0 Å². The molecule has 2 aliphatic rings. The topological polar surface area (TPSA) is 206 Å². The Balaban J connectivity index is 1.52. The number of nitrogen functional groups attached to an aromatic ring is 1. The third-order valence-electron chi connectivity index (χ3n) is 5.24. The molecule has 2 aromatic rings. The van der Waals surface area contributed by atoms with Crippen molar-refractivity contribution in [3.8, 4) is 0 Å². The molecule has 204 valence electrons. The number of fused-ring (bicyclic) bond motifs is 1. The number of anilines is 1. The first-order chi connectivity index (χ1) is 18.2. The van der Waals surface area contributed by atoms with Crippen molar-refractivity contribution in [3.05, 3.63) is 44.8 Å². The van der Waals surface area contributed by atoms with Crippen LogP contribution in [0.1, 0.15) is 17.4 Å². The number of pyridine rings is 1. The standard InChI is InChI=1S/C20H22ClN7O6S4/c21-14-11(26-19(23)38-14)12(27-33)15(29)25-13-16(30)28-17(34-20(31)32)10(7-36-18(13)28)37-9-2-1-4-24-8(9)6-35-5-3-22/h1-2,4,12-13,18,27,33H,3,5-7,22H2,(H2,23,26)(H,25,29)(H,31,32)/t12?,13-,18+/m1/s1. The maximum Gasteiger partial charge on any atom is 0.512 e. The van der Waals surface area contributed by atoms with E-state index in [1.165, 1.54) is 28.4 Å². The summed E-state index contributed by atoms with van der Waals surface area (Å²) in [7, 11) is 0. The van der Waals surface area contributed by atoms with Crippen LogP contribution in [-0.2, 0) is 20.1 Å². The molecule has 0 aliphatic carbocycles. The van der Waals surface area contributed by atoms with Gasteiger partial charge in [-0.15, -0.1) is 11.8 Å². The molecule has 0 radical (unpaired) electrons. The number of amides is 2. The Morgan fingerprint density at radius 3 is 2.87 bits per heavy atom. The van der Waals surface area contributed by atoms with Crippen LogP contribution in [0.3, 0.4) is 0 Å². The van der Waals surface area contributed by atoms with Gasteiger partial charge in [0.2, 0.25) is 11.8 Å². The summed E-state index contributed by atoms with van der Waals surface area (Å²) in [5, 5.41) is 20.9. The Bertz CT molecular complexity index is 1260. The first-order valence-corrected chi connectivity index (χ1v) is 15.1. The van der Waals surface area contributed by atoms with Gasteiger partial charge in [-0.25, -0.2) is 9.78 Å². The van der Waals surface area contributed by atoms with Crippen molar-refractivity contribution in [3.63, 3.8) is 0 Å². The molecule has 8 N–H and O–H groups in total. The quantitative estimate of drug-likeness (QED) is 0.0921. The number of thioether (sulfide) groups is 3. The van der Waals surface area contributed by atoms with Crippen LogP contribution in [-0.4, -0.2) is 72.6 Å². The molecule has 13 nitrogen and oxygen atoms in total. The number of nitrogens with two attached hydrogens (primary N) is 2. The van der Waals surface area contributed by atoms with Gasteiger partial charge in [0.15, 0.2) is 11.2 Å². The molecule has 38 heavy (non-hydrogen) atoms. The summed E-state index contributed by atoms with van der Waals surface area (Å²) in [4.78, 5) is 48.3. The number of β-lactam (4-membered cyclic amide) rings is 1. The van der Waals surface area contributed by atoms with Crippen LogP contribution in [0.2, 0.25) is 4.34 Å². The Kier molecular flexibility index (Phi) is 9.64. The minimum atomic E-state index is -1.57.